The molecule has 0 spiro atoms. The number of carbonyl (C=O) groups is 2. The highest BCUT2D eigenvalue weighted by atomic mass is 35.5. The highest BCUT2D eigenvalue weighted by molar-refractivity contribution is 6.35. The minimum Gasteiger partial charge on any atom is -0.348 e. The Morgan fingerprint density at radius 3 is 1.85 bits per heavy atom. The maximum Gasteiger partial charge on any atom is 0.253 e. The van der Waals surface area contributed by atoms with Crippen LogP contribution in [0.25, 0.3) is 0 Å². The van der Waals surface area contributed by atoms with E-state index in [9.17, 15) is 9.59 Å². The molecule has 1 aliphatic rings. The first-order chi connectivity index (χ1) is 19.4. The number of allylic oxidation sites excluding steroid dienone is 1. The van der Waals surface area contributed by atoms with Gasteiger partial charge in [0.2, 0.25) is 5.91 Å². The van der Waals surface area contributed by atoms with E-state index in [4.69, 9.17) is 23.2 Å². The third kappa shape index (κ3) is 15.5. The molecular weight excluding hydrogens is 539 g/mol. The molecule has 0 saturated carbocycles. The van der Waals surface area contributed by atoms with Gasteiger partial charge in [0.1, 0.15) is 0 Å². The first-order valence-electron chi connectivity index (χ1n) is 16.1. The lowest BCUT2D eigenvalue weighted by Crippen LogP contribution is -2.43. The van der Waals surface area contributed by atoms with Gasteiger partial charge in [-0.1, -0.05) is 139 Å². The van der Waals surface area contributed by atoms with Crippen molar-refractivity contribution in [2.75, 3.05) is 6.54 Å². The van der Waals surface area contributed by atoms with Gasteiger partial charge in [-0.2, -0.15) is 0 Å². The average Bonchev–Trinajstić information content (AvgIpc) is 2.92. The van der Waals surface area contributed by atoms with E-state index in [1.54, 1.807) is 12.1 Å². The molecule has 6 heteroatoms. The number of halogens is 2. The second kappa shape index (κ2) is 21.2. The lowest BCUT2D eigenvalue weighted by atomic mass is 9.91. The van der Waals surface area contributed by atoms with Crippen molar-refractivity contribution in [3.05, 3.63) is 45.5 Å². The van der Waals surface area contributed by atoms with Crippen LogP contribution in [-0.4, -0.2) is 24.4 Å². The summed E-state index contributed by atoms with van der Waals surface area (Å²) < 4.78 is 0. The van der Waals surface area contributed by atoms with Crippen LogP contribution in [0.4, 0.5) is 0 Å². The normalized spacial score (nSPS) is 19.7. The summed E-state index contributed by atoms with van der Waals surface area (Å²) >= 11 is 12.2. The fraction of sp³-hybridized carbons (Fsp3) is 0.706. The van der Waals surface area contributed by atoms with E-state index in [1.165, 1.54) is 114 Å². The predicted octanol–water partition coefficient (Wildman–Crippen LogP) is 10.2. The fourth-order valence-corrected chi connectivity index (χ4v) is 5.98. The van der Waals surface area contributed by atoms with Crippen LogP contribution < -0.4 is 10.6 Å². The molecule has 1 aromatic carbocycles. The highest BCUT2D eigenvalue weighted by Gasteiger charge is 2.19. The van der Waals surface area contributed by atoms with Crippen LogP contribution in [-0.2, 0) is 4.79 Å². The summed E-state index contributed by atoms with van der Waals surface area (Å²) in [7, 11) is 0. The van der Waals surface area contributed by atoms with E-state index in [2.05, 4.69) is 30.6 Å². The van der Waals surface area contributed by atoms with Gasteiger partial charge in [-0.05, 0) is 56.2 Å². The Labute approximate surface area is 254 Å². The topological polar surface area (TPSA) is 58.2 Å². The maximum atomic E-state index is 13.0. The van der Waals surface area contributed by atoms with Crippen molar-refractivity contribution in [3.63, 3.8) is 0 Å². The van der Waals surface area contributed by atoms with Crippen LogP contribution in [0.3, 0.4) is 0 Å². The van der Waals surface area contributed by atoms with Crippen molar-refractivity contribution in [3.8, 4) is 0 Å². The van der Waals surface area contributed by atoms with Crippen LogP contribution in [0.5, 0.6) is 0 Å². The third-order valence-corrected chi connectivity index (χ3v) is 8.46. The molecule has 0 unspecified atom stereocenters. The largest absolute Gasteiger partial charge is 0.348 e. The zero-order valence-corrected chi connectivity index (χ0v) is 26.7. The summed E-state index contributed by atoms with van der Waals surface area (Å²) in [5.74, 6) is -0.124. The molecule has 40 heavy (non-hydrogen) atoms. The first kappa shape index (κ1) is 34.7. The van der Waals surface area contributed by atoms with Crippen LogP contribution >= 0.6 is 23.2 Å². The van der Waals surface area contributed by atoms with Gasteiger partial charge >= 0.3 is 0 Å². The number of hydrogen-bond donors (Lipinski definition) is 2. The number of carbonyl (C=O) groups excluding carboxylic acids is 2. The smallest absolute Gasteiger partial charge is 0.253 e. The summed E-state index contributed by atoms with van der Waals surface area (Å²) in [6.45, 7) is 4.31. The summed E-state index contributed by atoms with van der Waals surface area (Å²) in [6, 6.07) is 4.75. The van der Waals surface area contributed by atoms with Gasteiger partial charge in [0.15, 0.2) is 0 Å². The Bertz CT molecular complexity index is 900. The number of benzene rings is 1. The number of amides is 2. The summed E-state index contributed by atoms with van der Waals surface area (Å²) in [5.41, 5.74) is 1.64. The molecule has 0 radical (unpaired) electrons. The average molecular weight is 594 g/mol. The van der Waals surface area contributed by atoms with Gasteiger partial charge in [0.05, 0.1) is 23.2 Å². The zero-order chi connectivity index (χ0) is 29.0. The summed E-state index contributed by atoms with van der Waals surface area (Å²) in [4.78, 5) is 25.6. The maximum absolute atomic E-state index is 13.0. The van der Waals surface area contributed by atoms with Crippen molar-refractivity contribution in [1.82, 2.24) is 10.6 Å². The third-order valence-electron chi connectivity index (χ3n) is 7.90. The molecule has 2 N–H and O–H groups in total. The van der Waals surface area contributed by atoms with Gasteiger partial charge < -0.3 is 10.6 Å². The summed E-state index contributed by atoms with van der Waals surface area (Å²) in [6.07, 6.45) is 26.8. The van der Waals surface area contributed by atoms with Gasteiger partial charge in [0, 0.05) is 5.02 Å². The van der Waals surface area contributed by atoms with Gasteiger partial charge in [-0.25, -0.2) is 0 Å². The minimum absolute atomic E-state index is 0.00276. The zero-order valence-electron chi connectivity index (χ0n) is 25.2. The molecule has 226 valence electrons. The van der Waals surface area contributed by atoms with Crippen molar-refractivity contribution in [2.24, 2.45) is 5.92 Å². The van der Waals surface area contributed by atoms with E-state index in [1.807, 2.05) is 0 Å². The molecule has 1 aromatic rings. The van der Waals surface area contributed by atoms with Gasteiger partial charge in [0.25, 0.3) is 5.91 Å². The minimum atomic E-state index is -0.398. The Hall–Kier alpha value is -1.52. The van der Waals surface area contributed by atoms with E-state index in [0.29, 0.717) is 16.0 Å². The van der Waals surface area contributed by atoms with Gasteiger partial charge in [-0.3, -0.25) is 9.59 Å². The molecule has 0 heterocycles. The van der Waals surface area contributed by atoms with Crippen molar-refractivity contribution >= 4 is 35.0 Å². The number of nitrogens with one attached hydrogen (secondary N) is 2. The van der Waals surface area contributed by atoms with E-state index < -0.39 is 5.91 Å². The second-order valence-electron chi connectivity index (χ2n) is 12.0. The molecule has 0 fully saturated rings. The van der Waals surface area contributed by atoms with E-state index in [0.717, 1.165) is 19.3 Å². The Morgan fingerprint density at radius 1 is 0.775 bits per heavy atom. The summed E-state index contributed by atoms with van der Waals surface area (Å²) in [5, 5.41) is 6.71. The fourth-order valence-electron chi connectivity index (χ4n) is 5.60. The highest BCUT2D eigenvalue weighted by Crippen LogP contribution is 2.23. The molecule has 0 bridgehead atoms. The predicted molar refractivity (Wildman–Crippen MR) is 171 cm³/mol. The lowest BCUT2D eigenvalue weighted by molar-refractivity contribution is -0.120. The lowest BCUT2D eigenvalue weighted by Gasteiger charge is -2.24. The molecule has 1 atom stereocenters. The molecule has 4 nitrogen and oxygen atoms in total. The Morgan fingerprint density at radius 2 is 1.30 bits per heavy atom. The van der Waals surface area contributed by atoms with E-state index >= 15 is 0 Å². The Kier molecular flexibility index (Phi) is 18.4. The van der Waals surface area contributed by atoms with Crippen LogP contribution in [0, 0.1) is 5.92 Å². The van der Waals surface area contributed by atoms with Gasteiger partial charge in [-0.15, -0.1) is 0 Å². The molecular formula is C34H54Cl2N2O2. The van der Waals surface area contributed by atoms with Crippen LogP contribution in [0.15, 0.2) is 29.8 Å². The van der Waals surface area contributed by atoms with E-state index in [-0.39, 0.29) is 24.1 Å². The van der Waals surface area contributed by atoms with Crippen molar-refractivity contribution in [2.45, 2.75) is 142 Å². The standard InChI is InChI=1S/C34H54Cl2N2O2/c1-27(2)24-32(38-33(39)26-37-34(40)30-25-29(35)22-23-31(30)36)28-20-18-16-14-12-10-8-6-4-3-5-7-9-11-13-15-17-19-21-28/h20,22-23,25,27,32H,3-19,21,24,26H2,1-2H3,(H,37,40)(H,38,39)/b28-20+/t32-/m0/s1. The van der Waals surface area contributed by atoms with Crippen LogP contribution in [0.1, 0.15) is 146 Å². The van der Waals surface area contributed by atoms with Crippen molar-refractivity contribution < 1.29 is 9.59 Å². The molecule has 0 aromatic heterocycles. The van der Waals surface area contributed by atoms with Crippen molar-refractivity contribution in [1.29, 1.82) is 0 Å². The molecule has 0 aliphatic heterocycles. The second-order valence-corrected chi connectivity index (χ2v) is 12.9. The quantitative estimate of drug-likeness (QED) is 0.309. The number of hydrogen-bond acceptors (Lipinski definition) is 2. The SMILES string of the molecule is CC(C)C[C@H](NC(=O)CNC(=O)c1cc(Cl)ccc1Cl)/C1=C/CCCCCCCCCCCCCCCCCC1. The monoisotopic (exact) mass is 592 g/mol. The molecule has 2 rings (SSSR count). The number of rotatable bonds is 7. The Balaban J connectivity index is 1.98. The van der Waals surface area contributed by atoms with Crippen LogP contribution in [0.2, 0.25) is 10.0 Å². The molecule has 0 saturated heterocycles. The molecule has 1 aliphatic carbocycles. The molecule has 2 amide bonds. The first-order valence-corrected chi connectivity index (χ1v) is 16.8.